The first-order valence-electron chi connectivity index (χ1n) is 17.7. The minimum Gasteiger partial charge on any atom is -0.456 e. The summed E-state index contributed by atoms with van der Waals surface area (Å²) in [6.45, 7) is 4.71. The molecule has 1 heterocycles. The summed E-state index contributed by atoms with van der Waals surface area (Å²) in [5, 5.41) is 4.75. The van der Waals surface area contributed by atoms with Crippen LogP contribution >= 0.6 is 0 Å². The average Bonchev–Trinajstić information content (AvgIpc) is 3.67. The molecule has 0 saturated heterocycles. The van der Waals surface area contributed by atoms with Gasteiger partial charge in [-0.25, -0.2) is 0 Å². The van der Waals surface area contributed by atoms with Crippen molar-refractivity contribution in [1.29, 1.82) is 0 Å². The smallest absolute Gasteiger partial charge is 0.136 e. The highest BCUT2D eigenvalue weighted by molar-refractivity contribution is 6.14. The van der Waals surface area contributed by atoms with Crippen LogP contribution in [-0.2, 0) is 5.41 Å². The Morgan fingerprint density at radius 1 is 0.431 bits per heavy atom. The molecule has 0 amide bonds. The van der Waals surface area contributed by atoms with Gasteiger partial charge in [-0.3, -0.25) is 0 Å². The Hall–Kier alpha value is -6.38. The maximum Gasteiger partial charge on any atom is 0.136 e. The number of anilines is 3. The van der Waals surface area contributed by atoms with Gasteiger partial charge in [0.05, 0.1) is 5.69 Å². The molecule has 10 rings (SSSR count). The first kappa shape index (κ1) is 29.5. The third-order valence-corrected chi connectivity index (χ3v) is 10.9. The second kappa shape index (κ2) is 11.3. The van der Waals surface area contributed by atoms with Gasteiger partial charge in [-0.15, -0.1) is 0 Å². The normalized spacial score (nSPS) is 13.1. The molecule has 0 radical (unpaired) electrons. The van der Waals surface area contributed by atoms with Gasteiger partial charge in [0.2, 0.25) is 0 Å². The molecule has 2 heteroatoms. The van der Waals surface area contributed by atoms with Crippen molar-refractivity contribution in [3.63, 3.8) is 0 Å². The summed E-state index contributed by atoms with van der Waals surface area (Å²) >= 11 is 0. The minimum atomic E-state index is -0.126. The van der Waals surface area contributed by atoms with Crippen molar-refractivity contribution in [2.24, 2.45) is 0 Å². The molecular formula is C49H35NO. The molecule has 0 N–H and O–H groups in total. The Balaban J connectivity index is 1.23. The molecule has 0 unspecified atom stereocenters. The van der Waals surface area contributed by atoms with Crippen molar-refractivity contribution in [2.45, 2.75) is 19.3 Å². The molecule has 0 saturated carbocycles. The van der Waals surface area contributed by atoms with E-state index < -0.39 is 0 Å². The molecule has 51 heavy (non-hydrogen) atoms. The Bertz CT molecular complexity index is 2800. The third kappa shape index (κ3) is 4.57. The van der Waals surface area contributed by atoms with Crippen molar-refractivity contribution < 1.29 is 4.42 Å². The standard InChI is InChI=1S/C49H35NO/c1-49(2)43-24-8-5-19-38(43)39-29-28-35(31-44(39)49)50(34-17-11-16-33(30-34)37-22-12-15-32-14-3-4-18-36(32)37)45-25-9-6-20-40(45)41-23-13-27-47-48(41)42-21-7-10-26-46(42)51-47/h3-31H,1-2H3. The Morgan fingerprint density at radius 2 is 1.06 bits per heavy atom. The van der Waals surface area contributed by atoms with E-state index in [1.165, 1.54) is 44.2 Å². The van der Waals surface area contributed by atoms with Crippen LogP contribution in [0.25, 0.3) is 66.1 Å². The summed E-state index contributed by atoms with van der Waals surface area (Å²) in [5.74, 6) is 0. The average molecular weight is 654 g/mol. The second-order valence-electron chi connectivity index (χ2n) is 14.1. The lowest BCUT2D eigenvalue weighted by atomic mass is 9.82. The van der Waals surface area contributed by atoms with E-state index in [4.69, 9.17) is 4.42 Å². The fourth-order valence-corrected chi connectivity index (χ4v) is 8.44. The van der Waals surface area contributed by atoms with E-state index in [-0.39, 0.29) is 5.41 Å². The van der Waals surface area contributed by atoms with Crippen molar-refractivity contribution in [1.82, 2.24) is 0 Å². The maximum atomic E-state index is 6.37. The van der Waals surface area contributed by atoms with Crippen LogP contribution in [0.4, 0.5) is 17.1 Å². The Morgan fingerprint density at radius 3 is 1.98 bits per heavy atom. The largest absolute Gasteiger partial charge is 0.456 e. The van der Waals surface area contributed by atoms with Crippen LogP contribution < -0.4 is 4.90 Å². The number of hydrogen-bond donors (Lipinski definition) is 0. The lowest BCUT2D eigenvalue weighted by Gasteiger charge is -2.30. The zero-order valence-electron chi connectivity index (χ0n) is 28.6. The van der Waals surface area contributed by atoms with E-state index in [0.29, 0.717) is 0 Å². The summed E-state index contributed by atoms with van der Waals surface area (Å²) in [6, 6.07) is 63.7. The summed E-state index contributed by atoms with van der Waals surface area (Å²) in [4.78, 5) is 2.45. The zero-order valence-corrected chi connectivity index (χ0v) is 28.6. The number of rotatable bonds is 5. The monoisotopic (exact) mass is 653 g/mol. The van der Waals surface area contributed by atoms with Gasteiger partial charge >= 0.3 is 0 Å². The fourth-order valence-electron chi connectivity index (χ4n) is 8.44. The van der Waals surface area contributed by atoms with Gasteiger partial charge in [-0.1, -0.05) is 147 Å². The van der Waals surface area contributed by atoms with Crippen molar-refractivity contribution >= 4 is 49.8 Å². The Kier molecular flexibility index (Phi) is 6.56. The van der Waals surface area contributed by atoms with E-state index in [2.05, 4.69) is 189 Å². The van der Waals surface area contributed by atoms with Gasteiger partial charge < -0.3 is 9.32 Å². The van der Waals surface area contributed by atoms with E-state index in [0.717, 1.165) is 50.1 Å². The highest BCUT2D eigenvalue weighted by Crippen LogP contribution is 2.52. The molecule has 242 valence electrons. The highest BCUT2D eigenvalue weighted by atomic mass is 16.3. The SMILES string of the molecule is CC1(C)c2ccccc2-c2ccc(N(c3cccc(-c4cccc5ccccc45)c3)c3ccccc3-c3cccc4oc5ccccc5c34)cc21. The lowest BCUT2D eigenvalue weighted by Crippen LogP contribution is -2.17. The molecule has 0 aliphatic heterocycles. The summed E-state index contributed by atoms with van der Waals surface area (Å²) in [6.07, 6.45) is 0. The summed E-state index contributed by atoms with van der Waals surface area (Å²) in [7, 11) is 0. The summed E-state index contributed by atoms with van der Waals surface area (Å²) < 4.78 is 6.37. The first-order chi connectivity index (χ1) is 25.1. The maximum absolute atomic E-state index is 6.37. The van der Waals surface area contributed by atoms with Gasteiger partial charge in [0.15, 0.2) is 0 Å². The van der Waals surface area contributed by atoms with Gasteiger partial charge in [0.1, 0.15) is 11.2 Å². The van der Waals surface area contributed by atoms with Crippen molar-refractivity contribution in [2.75, 3.05) is 4.90 Å². The molecule has 1 aromatic heterocycles. The van der Waals surface area contributed by atoms with Crippen LogP contribution in [0.1, 0.15) is 25.0 Å². The van der Waals surface area contributed by atoms with E-state index in [1.54, 1.807) is 0 Å². The number of benzene rings is 8. The van der Waals surface area contributed by atoms with Crippen LogP contribution in [0.15, 0.2) is 180 Å². The molecular weight excluding hydrogens is 619 g/mol. The molecule has 0 bridgehead atoms. The molecule has 0 atom stereocenters. The fraction of sp³-hybridized carbons (Fsp3) is 0.0612. The van der Waals surface area contributed by atoms with Gasteiger partial charge in [-0.05, 0) is 92.2 Å². The van der Waals surface area contributed by atoms with Crippen LogP contribution in [0, 0.1) is 0 Å². The predicted octanol–water partition coefficient (Wildman–Crippen LogP) is 13.8. The number of furan rings is 1. The van der Waals surface area contributed by atoms with Gasteiger partial charge in [0.25, 0.3) is 0 Å². The first-order valence-corrected chi connectivity index (χ1v) is 17.7. The number of hydrogen-bond acceptors (Lipinski definition) is 2. The molecule has 2 nitrogen and oxygen atoms in total. The zero-order chi connectivity index (χ0) is 34.1. The van der Waals surface area contributed by atoms with Crippen LogP contribution in [-0.4, -0.2) is 0 Å². The van der Waals surface area contributed by atoms with Gasteiger partial charge in [0, 0.05) is 33.1 Å². The molecule has 0 spiro atoms. The quantitative estimate of drug-likeness (QED) is 0.184. The van der Waals surface area contributed by atoms with Crippen molar-refractivity contribution in [3.05, 3.63) is 187 Å². The summed E-state index contributed by atoms with van der Waals surface area (Å²) in [5.41, 5.74) is 15.1. The Labute approximate surface area is 297 Å². The topological polar surface area (TPSA) is 16.4 Å². The minimum absolute atomic E-state index is 0.126. The second-order valence-corrected chi connectivity index (χ2v) is 14.1. The van der Waals surface area contributed by atoms with Crippen LogP contribution in [0.2, 0.25) is 0 Å². The molecule has 9 aromatic rings. The van der Waals surface area contributed by atoms with Crippen LogP contribution in [0.5, 0.6) is 0 Å². The van der Waals surface area contributed by atoms with Crippen molar-refractivity contribution in [3.8, 4) is 33.4 Å². The lowest BCUT2D eigenvalue weighted by molar-refractivity contribution is 0.660. The highest BCUT2D eigenvalue weighted by Gasteiger charge is 2.36. The molecule has 1 aliphatic carbocycles. The van der Waals surface area contributed by atoms with Crippen LogP contribution in [0.3, 0.4) is 0 Å². The van der Waals surface area contributed by atoms with E-state index in [9.17, 15) is 0 Å². The van der Waals surface area contributed by atoms with E-state index in [1.807, 2.05) is 6.07 Å². The van der Waals surface area contributed by atoms with E-state index >= 15 is 0 Å². The number of fused-ring (bicyclic) bond motifs is 7. The third-order valence-electron chi connectivity index (χ3n) is 10.9. The molecule has 8 aromatic carbocycles. The van der Waals surface area contributed by atoms with Gasteiger partial charge in [-0.2, -0.15) is 0 Å². The number of para-hydroxylation sites is 2. The number of nitrogens with zero attached hydrogens (tertiary/aromatic N) is 1. The predicted molar refractivity (Wildman–Crippen MR) is 214 cm³/mol. The molecule has 0 fully saturated rings. The molecule has 1 aliphatic rings.